The summed E-state index contributed by atoms with van der Waals surface area (Å²) in [6.45, 7) is 4.06. The Hall–Kier alpha value is -2.64. The lowest BCUT2D eigenvalue weighted by Gasteiger charge is -2.25. The van der Waals surface area contributed by atoms with E-state index in [0.717, 1.165) is 10.9 Å². The fraction of sp³-hybridized carbons (Fsp3) is 0.269. The summed E-state index contributed by atoms with van der Waals surface area (Å²) in [6.07, 6.45) is 2.95. The molecule has 5 rings (SSSR count). The van der Waals surface area contributed by atoms with E-state index in [1.165, 1.54) is 15.9 Å². The van der Waals surface area contributed by atoms with Crippen LogP contribution < -0.4 is 24.4 Å². The lowest BCUT2D eigenvalue weighted by atomic mass is 9.94. The number of benzene rings is 2. The highest BCUT2D eigenvalue weighted by molar-refractivity contribution is 14.1. The molecule has 0 radical (unpaired) electrons. The van der Waals surface area contributed by atoms with Gasteiger partial charge in [-0.2, -0.15) is 0 Å². The maximum atomic E-state index is 13.9. The van der Waals surface area contributed by atoms with Gasteiger partial charge in [-0.15, -0.1) is 0 Å². The first-order valence-electron chi connectivity index (χ1n) is 11.6. The fourth-order valence-corrected chi connectivity index (χ4v) is 6.92. The minimum absolute atomic E-state index is 0.0841. The minimum Gasteiger partial charge on any atom is -0.506 e. The molecule has 0 amide bonds. The number of esters is 1. The lowest BCUT2D eigenvalue weighted by molar-refractivity contribution is -0.139. The van der Waals surface area contributed by atoms with Gasteiger partial charge in [0.25, 0.3) is 5.56 Å². The zero-order valence-corrected chi connectivity index (χ0v) is 24.5. The number of aromatic nitrogens is 1. The molecule has 0 bridgehead atoms. The predicted octanol–water partition coefficient (Wildman–Crippen LogP) is 4.38. The Morgan fingerprint density at radius 2 is 2.08 bits per heavy atom. The van der Waals surface area contributed by atoms with Crippen molar-refractivity contribution in [3.63, 3.8) is 0 Å². The quantitative estimate of drug-likeness (QED) is 0.304. The average molecular weight is 697 g/mol. The number of nitrogens with zero attached hydrogens (tertiary/aromatic N) is 2. The molecular formula is C26H22BrIN2O6S. The number of halogens is 2. The van der Waals surface area contributed by atoms with Crippen molar-refractivity contribution in [3.8, 4) is 17.2 Å². The molecule has 0 spiro atoms. The highest BCUT2D eigenvalue weighted by Crippen LogP contribution is 2.39. The van der Waals surface area contributed by atoms with E-state index in [0.29, 0.717) is 53.2 Å². The van der Waals surface area contributed by atoms with Crippen molar-refractivity contribution in [1.29, 1.82) is 0 Å². The van der Waals surface area contributed by atoms with Gasteiger partial charge in [0.15, 0.2) is 16.3 Å². The molecule has 0 saturated heterocycles. The van der Waals surface area contributed by atoms with Gasteiger partial charge in [-0.25, -0.2) is 9.79 Å². The number of fused-ring (bicyclic) bond motifs is 2. The Bertz CT molecular complexity index is 1630. The molecule has 37 heavy (non-hydrogen) atoms. The zero-order chi connectivity index (χ0) is 26.3. The van der Waals surface area contributed by atoms with Gasteiger partial charge in [0, 0.05) is 10.0 Å². The van der Waals surface area contributed by atoms with Crippen LogP contribution >= 0.6 is 49.9 Å². The number of aromatic hydroxyl groups is 1. The molecular weight excluding hydrogens is 675 g/mol. The smallest absolute Gasteiger partial charge is 0.338 e. The van der Waals surface area contributed by atoms with E-state index in [-0.39, 0.29) is 24.7 Å². The summed E-state index contributed by atoms with van der Waals surface area (Å²) in [5.74, 6) is 0.725. The van der Waals surface area contributed by atoms with Crippen LogP contribution in [0.1, 0.15) is 43.9 Å². The molecule has 11 heteroatoms. The van der Waals surface area contributed by atoms with Gasteiger partial charge < -0.3 is 19.3 Å². The largest absolute Gasteiger partial charge is 0.506 e. The van der Waals surface area contributed by atoms with Crippen LogP contribution in [0.25, 0.3) is 6.08 Å². The first kappa shape index (κ1) is 26.0. The molecule has 0 fully saturated rings. The van der Waals surface area contributed by atoms with Crippen LogP contribution in [0.5, 0.6) is 17.2 Å². The first-order valence-corrected chi connectivity index (χ1v) is 14.3. The van der Waals surface area contributed by atoms with E-state index in [4.69, 9.17) is 19.2 Å². The molecule has 1 atom stereocenters. The number of phenols is 1. The van der Waals surface area contributed by atoms with Crippen molar-refractivity contribution < 1.29 is 24.1 Å². The van der Waals surface area contributed by atoms with E-state index in [2.05, 4.69) is 15.9 Å². The lowest BCUT2D eigenvalue weighted by Crippen LogP contribution is -2.40. The molecule has 2 aromatic carbocycles. The molecule has 192 valence electrons. The number of thiazole rings is 1. The molecule has 1 aromatic heterocycles. The average Bonchev–Trinajstić information content (AvgIpc) is 3.45. The van der Waals surface area contributed by atoms with Gasteiger partial charge in [0.05, 0.1) is 32.0 Å². The van der Waals surface area contributed by atoms with Crippen molar-refractivity contribution in [3.05, 3.63) is 80.5 Å². The van der Waals surface area contributed by atoms with Gasteiger partial charge in [0.2, 0.25) is 6.79 Å². The Morgan fingerprint density at radius 1 is 1.30 bits per heavy atom. The van der Waals surface area contributed by atoms with Gasteiger partial charge in [-0.05, 0) is 71.8 Å². The second kappa shape index (κ2) is 10.6. The molecule has 1 N–H and O–H groups in total. The molecule has 2 aliphatic rings. The SMILES string of the molecule is CCCC1=C(C(=O)OCC)[C@H](c2ccc3c(c2)OCO3)n2c(s/c(=C/c3cc(Br)cc(I)c3O)c2=O)=N1. The summed E-state index contributed by atoms with van der Waals surface area (Å²) in [5.41, 5.74) is 1.79. The Labute approximate surface area is 238 Å². The molecule has 0 saturated carbocycles. The van der Waals surface area contributed by atoms with Crippen LogP contribution in [0.2, 0.25) is 0 Å². The number of hydrogen-bond acceptors (Lipinski definition) is 8. The third-order valence-electron chi connectivity index (χ3n) is 5.95. The molecule has 3 aromatic rings. The number of phenolic OH excluding ortho intramolecular Hbond substituents is 1. The molecule has 8 nitrogen and oxygen atoms in total. The van der Waals surface area contributed by atoms with Crippen molar-refractivity contribution in [1.82, 2.24) is 4.57 Å². The highest BCUT2D eigenvalue weighted by Gasteiger charge is 2.35. The monoisotopic (exact) mass is 696 g/mol. The Balaban J connectivity index is 1.78. The maximum absolute atomic E-state index is 13.9. The molecule has 0 unspecified atom stereocenters. The summed E-state index contributed by atoms with van der Waals surface area (Å²) in [6, 6.07) is 8.17. The number of allylic oxidation sites excluding steroid dienone is 1. The number of ether oxygens (including phenoxy) is 3. The molecule has 3 heterocycles. The first-order chi connectivity index (χ1) is 17.8. The van der Waals surface area contributed by atoms with Crippen LogP contribution in [-0.2, 0) is 9.53 Å². The fourth-order valence-electron chi connectivity index (χ4n) is 4.36. The Kier molecular flexibility index (Phi) is 7.46. The highest BCUT2D eigenvalue weighted by atomic mass is 127. The van der Waals surface area contributed by atoms with Crippen molar-refractivity contribution in [2.75, 3.05) is 13.4 Å². The van der Waals surface area contributed by atoms with Gasteiger partial charge >= 0.3 is 5.97 Å². The van der Waals surface area contributed by atoms with E-state index in [1.54, 1.807) is 37.3 Å². The van der Waals surface area contributed by atoms with Crippen molar-refractivity contribution in [2.45, 2.75) is 32.7 Å². The van der Waals surface area contributed by atoms with Crippen LogP contribution in [0, 0.1) is 3.57 Å². The number of carbonyl (C=O) groups is 1. The number of carbonyl (C=O) groups excluding carboxylic acids is 1. The van der Waals surface area contributed by atoms with Crippen LogP contribution in [0.15, 0.2) is 55.9 Å². The standard InChI is InChI=1S/C26H22BrIN2O6S/c1-3-5-17-21(25(33)34-4-2)22(13-6-7-18-19(9-13)36-12-35-18)30-24(32)20(37-26(30)29-17)10-14-8-15(27)11-16(28)23(14)31/h6-11,22,31H,3-5,12H2,1-2H3/b20-10+/t22-/m0/s1. The van der Waals surface area contributed by atoms with Gasteiger partial charge in [-0.3, -0.25) is 9.36 Å². The van der Waals surface area contributed by atoms with E-state index in [1.807, 2.05) is 35.6 Å². The van der Waals surface area contributed by atoms with Crippen molar-refractivity contribution in [2.24, 2.45) is 4.99 Å². The summed E-state index contributed by atoms with van der Waals surface area (Å²) in [7, 11) is 0. The van der Waals surface area contributed by atoms with E-state index in [9.17, 15) is 14.7 Å². The molecule has 2 aliphatic heterocycles. The second-order valence-electron chi connectivity index (χ2n) is 8.35. The maximum Gasteiger partial charge on any atom is 0.338 e. The van der Waals surface area contributed by atoms with E-state index >= 15 is 0 Å². The number of rotatable bonds is 6. The third kappa shape index (κ3) is 4.84. The summed E-state index contributed by atoms with van der Waals surface area (Å²) in [5, 5.41) is 10.6. The van der Waals surface area contributed by atoms with Crippen LogP contribution in [-0.4, -0.2) is 29.0 Å². The summed E-state index contributed by atoms with van der Waals surface area (Å²) < 4.78 is 19.8. The Morgan fingerprint density at radius 3 is 2.84 bits per heavy atom. The van der Waals surface area contributed by atoms with Crippen molar-refractivity contribution >= 4 is 61.9 Å². The normalized spacial score (nSPS) is 16.5. The van der Waals surface area contributed by atoms with Gasteiger partial charge in [-0.1, -0.05) is 46.7 Å². The van der Waals surface area contributed by atoms with Crippen LogP contribution in [0.3, 0.4) is 0 Å². The zero-order valence-electron chi connectivity index (χ0n) is 19.9. The minimum atomic E-state index is -0.759. The predicted molar refractivity (Wildman–Crippen MR) is 151 cm³/mol. The topological polar surface area (TPSA) is 99.4 Å². The van der Waals surface area contributed by atoms with Gasteiger partial charge in [0.1, 0.15) is 5.75 Å². The summed E-state index contributed by atoms with van der Waals surface area (Å²) in [4.78, 5) is 32.4. The van der Waals surface area contributed by atoms with Crippen LogP contribution in [0.4, 0.5) is 0 Å². The second-order valence-corrected chi connectivity index (χ2v) is 11.4. The summed E-state index contributed by atoms with van der Waals surface area (Å²) >= 11 is 6.70. The third-order valence-corrected chi connectivity index (χ3v) is 8.21. The molecule has 0 aliphatic carbocycles. The number of hydrogen-bond donors (Lipinski definition) is 1. The van der Waals surface area contributed by atoms with E-state index < -0.39 is 12.0 Å².